The quantitative estimate of drug-likeness (QED) is 0.790. The summed E-state index contributed by atoms with van der Waals surface area (Å²) in [4.78, 5) is 0. The van der Waals surface area contributed by atoms with E-state index in [0.29, 0.717) is 11.8 Å². The van der Waals surface area contributed by atoms with Gasteiger partial charge in [0.15, 0.2) is 0 Å². The van der Waals surface area contributed by atoms with Crippen molar-refractivity contribution in [3.8, 4) is 0 Å². The minimum Gasteiger partial charge on any atom is -0.392 e. The maximum atomic E-state index is 9.76. The van der Waals surface area contributed by atoms with Gasteiger partial charge in [-0.25, -0.2) is 0 Å². The smallest absolute Gasteiger partial charge is 0.0667 e. The summed E-state index contributed by atoms with van der Waals surface area (Å²) in [7, 11) is 0. The lowest BCUT2D eigenvalue weighted by Crippen LogP contribution is -2.34. The van der Waals surface area contributed by atoms with Crippen LogP contribution in [0.3, 0.4) is 0 Å². The predicted octanol–water partition coefficient (Wildman–Crippen LogP) is 2.32. The van der Waals surface area contributed by atoms with E-state index < -0.39 is 0 Å². The van der Waals surface area contributed by atoms with Crippen molar-refractivity contribution < 1.29 is 5.11 Å². The molecule has 0 aliphatic heterocycles. The molecule has 17 heavy (non-hydrogen) atoms. The first-order valence-corrected chi connectivity index (χ1v) is 6.63. The van der Waals surface area contributed by atoms with Crippen molar-refractivity contribution in [1.82, 2.24) is 5.32 Å². The van der Waals surface area contributed by atoms with Crippen molar-refractivity contribution in [1.29, 1.82) is 0 Å². The molecule has 1 aliphatic carbocycles. The molecule has 1 aromatic rings. The minimum absolute atomic E-state index is 0.203. The van der Waals surface area contributed by atoms with Gasteiger partial charge in [-0.3, -0.25) is 0 Å². The van der Waals surface area contributed by atoms with E-state index in [1.54, 1.807) is 0 Å². The SMILES string of the molecule is CC(C)CC(O)CNCC1Cc2ccccc21. The van der Waals surface area contributed by atoms with Crippen molar-refractivity contribution in [2.45, 2.75) is 38.7 Å². The third-order valence-electron chi connectivity index (χ3n) is 3.48. The summed E-state index contributed by atoms with van der Waals surface area (Å²) in [6, 6.07) is 8.64. The van der Waals surface area contributed by atoms with Gasteiger partial charge in [-0.15, -0.1) is 0 Å². The minimum atomic E-state index is -0.203. The summed E-state index contributed by atoms with van der Waals surface area (Å²) in [5.74, 6) is 1.22. The maximum Gasteiger partial charge on any atom is 0.0667 e. The molecule has 0 bridgehead atoms. The van der Waals surface area contributed by atoms with Gasteiger partial charge in [-0.1, -0.05) is 38.1 Å². The van der Waals surface area contributed by atoms with E-state index in [-0.39, 0.29) is 6.10 Å². The van der Waals surface area contributed by atoms with Crippen molar-refractivity contribution >= 4 is 0 Å². The Kier molecular flexibility index (Phi) is 4.19. The fraction of sp³-hybridized carbons (Fsp3) is 0.600. The Hall–Kier alpha value is -0.860. The number of hydrogen-bond donors (Lipinski definition) is 2. The van der Waals surface area contributed by atoms with E-state index in [2.05, 4.69) is 43.4 Å². The fourth-order valence-electron chi connectivity index (χ4n) is 2.60. The van der Waals surface area contributed by atoms with Crippen molar-refractivity contribution in [2.24, 2.45) is 5.92 Å². The van der Waals surface area contributed by atoms with Crippen molar-refractivity contribution in [3.05, 3.63) is 35.4 Å². The Morgan fingerprint density at radius 1 is 1.35 bits per heavy atom. The fourth-order valence-corrected chi connectivity index (χ4v) is 2.60. The molecule has 0 radical (unpaired) electrons. The van der Waals surface area contributed by atoms with Gasteiger partial charge in [0.05, 0.1) is 6.10 Å². The molecule has 1 aliphatic rings. The van der Waals surface area contributed by atoms with E-state index in [9.17, 15) is 5.11 Å². The molecule has 1 aromatic carbocycles. The third-order valence-corrected chi connectivity index (χ3v) is 3.48. The lowest BCUT2D eigenvalue weighted by atomic mass is 9.77. The molecule has 2 atom stereocenters. The van der Waals surface area contributed by atoms with Crippen LogP contribution in [0.25, 0.3) is 0 Å². The van der Waals surface area contributed by atoms with E-state index in [4.69, 9.17) is 0 Å². The van der Waals surface area contributed by atoms with Crippen LogP contribution in [-0.4, -0.2) is 24.3 Å². The third kappa shape index (κ3) is 3.30. The molecule has 2 heteroatoms. The van der Waals surface area contributed by atoms with E-state index in [0.717, 1.165) is 19.5 Å². The Bertz CT molecular complexity index is 362. The van der Waals surface area contributed by atoms with Crippen LogP contribution in [0.5, 0.6) is 0 Å². The molecule has 0 saturated heterocycles. The summed E-state index contributed by atoms with van der Waals surface area (Å²) in [5.41, 5.74) is 2.97. The van der Waals surface area contributed by atoms with Crippen LogP contribution >= 0.6 is 0 Å². The van der Waals surface area contributed by atoms with Crippen LogP contribution in [0.2, 0.25) is 0 Å². The van der Waals surface area contributed by atoms with Gasteiger partial charge in [0.2, 0.25) is 0 Å². The van der Waals surface area contributed by atoms with E-state index in [1.807, 2.05) is 0 Å². The highest BCUT2D eigenvalue weighted by molar-refractivity contribution is 5.40. The summed E-state index contributed by atoms with van der Waals surface area (Å²) in [5, 5.41) is 13.1. The number of aliphatic hydroxyl groups is 1. The molecular weight excluding hydrogens is 210 g/mol. The van der Waals surface area contributed by atoms with Crippen LogP contribution < -0.4 is 5.32 Å². The molecule has 0 amide bonds. The average molecular weight is 233 g/mol. The van der Waals surface area contributed by atoms with Crippen LogP contribution in [0.1, 0.15) is 37.3 Å². The molecule has 0 fully saturated rings. The van der Waals surface area contributed by atoms with E-state index >= 15 is 0 Å². The number of hydrogen-bond acceptors (Lipinski definition) is 2. The zero-order chi connectivity index (χ0) is 12.3. The molecule has 2 nitrogen and oxygen atoms in total. The number of fused-ring (bicyclic) bond motifs is 1. The highest BCUT2D eigenvalue weighted by atomic mass is 16.3. The van der Waals surface area contributed by atoms with Crippen LogP contribution in [-0.2, 0) is 6.42 Å². The standard InChI is InChI=1S/C15H23NO/c1-11(2)7-14(17)10-16-9-13-8-12-5-3-4-6-15(12)13/h3-6,11,13-14,16-17H,7-10H2,1-2H3. The van der Waals surface area contributed by atoms with Crippen molar-refractivity contribution in [2.75, 3.05) is 13.1 Å². The van der Waals surface area contributed by atoms with Gasteiger partial charge in [0, 0.05) is 19.0 Å². The van der Waals surface area contributed by atoms with Crippen LogP contribution in [0.15, 0.2) is 24.3 Å². The lowest BCUT2D eigenvalue weighted by molar-refractivity contribution is 0.146. The first-order chi connectivity index (χ1) is 8.16. The Balaban J connectivity index is 1.68. The summed E-state index contributed by atoms with van der Waals surface area (Å²) in [6.07, 6.45) is 1.86. The molecular formula is C15H23NO. The second-order valence-corrected chi connectivity index (χ2v) is 5.54. The Morgan fingerprint density at radius 2 is 2.12 bits per heavy atom. The normalized spacial score (nSPS) is 19.9. The first kappa shape index (κ1) is 12.6. The topological polar surface area (TPSA) is 32.3 Å². The molecule has 2 unspecified atom stereocenters. The average Bonchev–Trinajstić information content (AvgIpc) is 2.23. The molecule has 2 rings (SSSR count). The lowest BCUT2D eigenvalue weighted by Gasteiger charge is -2.30. The molecule has 94 valence electrons. The largest absolute Gasteiger partial charge is 0.392 e. The van der Waals surface area contributed by atoms with Gasteiger partial charge in [0.25, 0.3) is 0 Å². The zero-order valence-corrected chi connectivity index (χ0v) is 10.8. The predicted molar refractivity (Wildman–Crippen MR) is 71.2 cm³/mol. The molecule has 2 N–H and O–H groups in total. The van der Waals surface area contributed by atoms with Crippen LogP contribution in [0.4, 0.5) is 0 Å². The zero-order valence-electron chi connectivity index (χ0n) is 10.8. The monoisotopic (exact) mass is 233 g/mol. The first-order valence-electron chi connectivity index (χ1n) is 6.63. The summed E-state index contributed by atoms with van der Waals surface area (Å²) < 4.78 is 0. The Labute approximate surface area is 104 Å². The Morgan fingerprint density at radius 3 is 2.82 bits per heavy atom. The highest BCUT2D eigenvalue weighted by Gasteiger charge is 2.24. The second kappa shape index (κ2) is 5.65. The molecule has 0 aromatic heterocycles. The summed E-state index contributed by atoms with van der Waals surface area (Å²) in [6.45, 7) is 6.00. The van der Waals surface area contributed by atoms with Crippen molar-refractivity contribution in [3.63, 3.8) is 0 Å². The highest BCUT2D eigenvalue weighted by Crippen LogP contribution is 2.33. The number of nitrogens with one attached hydrogen (secondary N) is 1. The van der Waals surface area contributed by atoms with Gasteiger partial charge in [0.1, 0.15) is 0 Å². The van der Waals surface area contributed by atoms with Gasteiger partial charge < -0.3 is 10.4 Å². The van der Waals surface area contributed by atoms with E-state index in [1.165, 1.54) is 17.5 Å². The molecule has 0 spiro atoms. The van der Waals surface area contributed by atoms with Gasteiger partial charge in [-0.05, 0) is 29.9 Å². The number of rotatable bonds is 6. The maximum absolute atomic E-state index is 9.76. The van der Waals surface area contributed by atoms with Gasteiger partial charge in [-0.2, -0.15) is 0 Å². The second-order valence-electron chi connectivity index (χ2n) is 5.54. The number of aliphatic hydroxyl groups excluding tert-OH is 1. The molecule has 0 saturated carbocycles. The summed E-state index contributed by atoms with van der Waals surface area (Å²) >= 11 is 0. The molecule has 0 heterocycles. The number of benzene rings is 1. The van der Waals surface area contributed by atoms with Crippen LogP contribution in [0, 0.1) is 5.92 Å². The van der Waals surface area contributed by atoms with Gasteiger partial charge >= 0.3 is 0 Å².